The van der Waals surface area contributed by atoms with Gasteiger partial charge in [0.15, 0.2) is 0 Å². The lowest BCUT2D eigenvalue weighted by Crippen LogP contribution is -2.33. The van der Waals surface area contributed by atoms with Crippen LogP contribution in [-0.2, 0) is 4.74 Å². The van der Waals surface area contributed by atoms with Gasteiger partial charge in [-0.15, -0.1) is 0 Å². The molecule has 5 nitrogen and oxygen atoms in total. The second kappa shape index (κ2) is 7.75. The van der Waals surface area contributed by atoms with Crippen molar-refractivity contribution in [3.63, 3.8) is 0 Å². The van der Waals surface area contributed by atoms with E-state index in [-0.39, 0.29) is 0 Å². The van der Waals surface area contributed by atoms with Crippen molar-refractivity contribution in [2.24, 2.45) is 0 Å². The van der Waals surface area contributed by atoms with Crippen molar-refractivity contribution in [3.05, 3.63) is 28.8 Å². The number of rotatable bonds is 5. The molecule has 1 rings (SSSR count). The van der Waals surface area contributed by atoms with Crippen molar-refractivity contribution in [1.82, 2.24) is 5.32 Å². The van der Waals surface area contributed by atoms with Crippen LogP contribution in [0.5, 0.6) is 0 Å². The maximum absolute atomic E-state index is 11.4. The molecule has 6 heteroatoms. The topological polar surface area (TPSA) is 74.2 Å². The van der Waals surface area contributed by atoms with Gasteiger partial charge in [0.2, 0.25) is 0 Å². The maximum Gasteiger partial charge on any atom is 0.407 e. The fourth-order valence-corrected chi connectivity index (χ4v) is 1.76. The molecule has 1 aromatic rings. The summed E-state index contributed by atoms with van der Waals surface area (Å²) in [6, 6.07) is 7.19. The van der Waals surface area contributed by atoms with E-state index in [0.717, 1.165) is 12.1 Å². The lowest BCUT2D eigenvalue weighted by atomic mass is 10.2. The lowest BCUT2D eigenvalue weighted by Gasteiger charge is -2.19. The highest BCUT2D eigenvalue weighted by atomic mass is 35.5. The first kappa shape index (κ1) is 17.1. The molecule has 0 radical (unpaired) electrons. The molecule has 0 heterocycles. The van der Waals surface area contributed by atoms with Gasteiger partial charge in [0.05, 0.1) is 10.6 Å². The van der Waals surface area contributed by atoms with Gasteiger partial charge in [0.25, 0.3) is 0 Å². The average Bonchev–Trinajstić information content (AvgIpc) is 2.36. The Kier molecular flexibility index (Phi) is 6.32. The summed E-state index contributed by atoms with van der Waals surface area (Å²) in [4.78, 5) is 11.4. The zero-order chi connectivity index (χ0) is 15.9. The minimum absolute atomic E-state index is 0.413. The van der Waals surface area contributed by atoms with Gasteiger partial charge in [0, 0.05) is 18.8 Å². The van der Waals surface area contributed by atoms with Crippen LogP contribution in [0.15, 0.2) is 18.2 Å². The normalized spacial score (nSPS) is 10.6. The summed E-state index contributed by atoms with van der Waals surface area (Å²) in [5.74, 6) is 0. The van der Waals surface area contributed by atoms with E-state index in [1.54, 1.807) is 18.2 Å². The van der Waals surface area contributed by atoms with Gasteiger partial charge in [-0.3, -0.25) is 0 Å². The number of amides is 1. The minimum atomic E-state index is -0.485. The van der Waals surface area contributed by atoms with Gasteiger partial charge in [-0.2, -0.15) is 5.26 Å². The number of benzene rings is 1. The molecule has 1 amide bonds. The molecule has 0 spiro atoms. The molecule has 0 aromatic heterocycles. The van der Waals surface area contributed by atoms with Gasteiger partial charge >= 0.3 is 6.09 Å². The molecule has 0 atom stereocenters. The number of anilines is 1. The molecule has 1 aromatic carbocycles. The molecule has 0 unspecified atom stereocenters. The standard InChI is InChI=1S/C15H20ClN3O2/c1-15(2,3)21-14(20)19-8-4-7-18-12-6-5-11(10-17)13(16)9-12/h5-6,9,18H,4,7-8H2,1-3H3,(H,19,20). The zero-order valence-electron chi connectivity index (χ0n) is 12.5. The van der Waals surface area contributed by atoms with Gasteiger partial charge in [-0.25, -0.2) is 4.79 Å². The lowest BCUT2D eigenvalue weighted by molar-refractivity contribution is 0.0528. The zero-order valence-corrected chi connectivity index (χ0v) is 13.3. The fraction of sp³-hybridized carbons (Fsp3) is 0.467. The number of nitrogens with zero attached hydrogens (tertiary/aromatic N) is 1. The summed E-state index contributed by atoms with van der Waals surface area (Å²) >= 11 is 5.94. The monoisotopic (exact) mass is 309 g/mol. The molecule has 0 aliphatic rings. The fourth-order valence-electron chi connectivity index (χ4n) is 1.54. The SMILES string of the molecule is CC(C)(C)OC(=O)NCCCNc1ccc(C#N)c(Cl)c1. The second-order valence-corrected chi connectivity index (χ2v) is 5.92. The van der Waals surface area contributed by atoms with Gasteiger partial charge in [-0.05, 0) is 45.4 Å². The number of nitrogens with one attached hydrogen (secondary N) is 2. The highest BCUT2D eigenvalue weighted by molar-refractivity contribution is 6.32. The predicted molar refractivity (Wildman–Crippen MR) is 83.5 cm³/mol. The van der Waals surface area contributed by atoms with Gasteiger partial charge in [0.1, 0.15) is 11.7 Å². The first-order valence-electron chi connectivity index (χ1n) is 6.72. The Balaban J connectivity index is 2.25. The second-order valence-electron chi connectivity index (χ2n) is 5.52. The quantitative estimate of drug-likeness (QED) is 0.816. The van der Waals surface area contributed by atoms with Crippen molar-refractivity contribution in [2.75, 3.05) is 18.4 Å². The molecule has 0 fully saturated rings. The first-order chi connectivity index (χ1) is 9.81. The molecule has 114 valence electrons. The Hall–Kier alpha value is -1.93. The largest absolute Gasteiger partial charge is 0.444 e. The summed E-state index contributed by atoms with van der Waals surface area (Å²) in [5, 5.41) is 15.1. The Morgan fingerprint density at radius 3 is 2.67 bits per heavy atom. The molecular weight excluding hydrogens is 290 g/mol. The molecule has 0 aliphatic carbocycles. The number of nitriles is 1. The Labute approximate surface area is 130 Å². The average molecular weight is 310 g/mol. The van der Waals surface area contributed by atoms with Crippen LogP contribution in [0.2, 0.25) is 5.02 Å². The number of halogens is 1. The van der Waals surface area contributed by atoms with Crippen molar-refractivity contribution in [3.8, 4) is 6.07 Å². The van der Waals surface area contributed by atoms with Crippen molar-refractivity contribution >= 4 is 23.4 Å². The summed E-state index contributed by atoms with van der Waals surface area (Å²) in [6.45, 7) is 6.66. The van der Waals surface area contributed by atoms with E-state index in [0.29, 0.717) is 23.7 Å². The van der Waals surface area contributed by atoms with Crippen LogP contribution in [0.1, 0.15) is 32.8 Å². The number of ether oxygens (including phenoxy) is 1. The molecule has 0 bridgehead atoms. The summed E-state index contributed by atoms with van der Waals surface area (Å²) in [5.41, 5.74) is 0.812. The number of carbonyl (C=O) groups is 1. The van der Waals surface area contributed by atoms with Crippen LogP contribution in [-0.4, -0.2) is 24.8 Å². The van der Waals surface area contributed by atoms with Gasteiger partial charge in [-0.1, -0.05) is 11.6 Å². The van der Waals surface area contributed by atoms with E-state index < -0.39 is 11.7 Å². The Morgan fingerprint density at radius 2 is 2.10 bits per heavy atom. The smallest absolute Gasteiger partial charge is 0.407 e. The summed E-state index contributed by atoms with van der Waals surface area (Å²) in [6.07, 6.45) is 0.334. The van der Waals surface area contributed by atoms with Crippen LogP contribution < -0.4 is 10.6 Å². The molecule has 2 N–H and O–H groups in total. The number of hydrogen-bond donors (Lipinski definition) is 2. The third kappa shape index (κ3) is 6.87. The van der Waals surface area contributed by atoms with Crippen LogP contribution in [0.25, 0.3) is 0 Å². The van der Waals surface area contributed by atoms with Gasteiger partial charge < -0.3 is 15.4 Å². The molecule has 0 saturated carbocycles. The summed E-state index contributed by atoms with van der Waals surface area (Å²) in [7, 11) is 0. The van der Waals surface area contributed by atoms with E-state index in [1.807, 2.05) is 26.8 Å². The van der Waals surface area contributed by atoms with E-state index in [4.69, 9.17) is 21.6 Å². The first-order valence-corrected chi connectivity index (χ1v) is 7.10. The molecule has 0 aliphatic heterocycles. The summed E-state index contributed by atoms with van der Waals surface area (Å²) < 4.78 is 5.13. The molecule has 0 saturated heterocycles. The van der Waals surface area contributed by atoms with Crippen molar-refractivity contribution in [2.45, 2.75) is 32.8 Å². The predicted octanol–water partition coefficient (Wildman–Crippen LogP) is 3.54. The van der Waals surface area contributed by atoms with Crippen molar-refractivity contribution in [1.29, 1.82) is 5.26 Å². The van der Waals surface area contributed by atoms with E-state index in [1.165, 1.54) is 0 Å². The van der Waals surface area contributed by atoms with E-state index >= 15 is 0 Å². The third-order valence-corrected chi connectivity index (χ3v) is 2.75. The highest BCUT2D eigenvalue weighted by Gasteiger charge is 2.15. The van der Waals surface area contributed by atoms with Crippen LogP contribution in [0, 0.1) is 11.3 Å². The van der Waals surface area contributed by atoms with E-state index in [9.17, 15) is 4.79 Å². The van der Waals surface area contributed by atoms with Crippen LogP contribution in [0.4, 0.5) is 10.5 Å². The Bertz CT molecular complexity index is 533. The number of hydrogen-bond acceptors (Lipinski definition) is 4. The minimum Gasteiger partial charge on any atom is -0.444 e. The highest BCUT2D eigenvalue weighted by Crippen LogP contribution is 2.19. The van der Waals surface area contributed by atoms with Crippen LogP contribution >= 0.6 is 11.6 Å². The van der Waals surface area contributed by atoms with Crippen LogP contribution in [0.3, 0.4) is 0 Å². The third-order valence-electron chi connectivity index (χ3n) is 2.44. The number of alkyl carbamates (subject to hydrolysis) is 1. The maximum atomic E-state index is 11.4. The van der Waals surface area contributed by atoms with E-state index in [2.05, 4.69) is 10.6 Å². The van der Waals surface area contributed by atoms with Crippen molar-refractivity contribution < 1.29 is 9.53 Å². The number of carbonyl (C=O) groups excluding carboxylic acids is 1. The molecule has 21 heavy (non-hydrogen) atoms. The molecular formula is C15H20ClN3O2. The Morgan fingerprint density at radius 1 is 1.38 bits per heavy atom.